The van der Waals surface area contributed by atoms with E-state index >= 15 is 0 Å². The lowest BCUT2D eigenvalue weighted by atomic mass is 10.1. The zero-order chi connectivity index (χ0) is 19.1. The van der Waals surface area contributed by atoms with Crippen LogP contribution in [0.5, 0.6) is 5.75 Å². The predicted octanol–water partition coefficient (Wildman–Crippen LogP) is 2.50. The van der Waals surface area contributed by atoms with Gasteiger partial charge in [-0.1, -0.05) is 36.4 Å². The minimum Gasteiger partial charge on any atom is -0.497 e. The standard InChI is InChI=1S/C19H20N6O2/c1-27-15-9-5-8-14(11-15)23-18-17(20)19(22-12-21-18)25-24-16(26)10-13-6-3-2-4-7-13/h2-9,11-12H,10,20H2,1H3,(H,24,26)(H2,21,22,23,25). The Balaban J connectivity index is 1.64. The fourth-order valence-electron chi connectivity index (χ4n) is 2.39. The minimum atomic E-state index is -0.207. The Labute approximate surface area is 156 Å². The SMILES string of the molecule is COc1cccc(Nc2ncnc(NNC(=O)Cc3ccccc3)c2N)c1. The fourth-order valence-corrected chi connectivity index (χ4v) is 2.39. The Hall–Kier alpha value is -3.81. The number of hydrogen-bond acceptors (Lipinski definition) is 7. The van der Waals surface area contributed by atoms with Crippen molar-refractivity contribution in [2.45, 2.75) is 6.42 Å². The molecule has 138 valence electrons. The van der Waals surface area contributed by atoms with Gasteiger partial charge in [0.25, 0.3) is 0 Å². The number of carbonyl (C=O) groups is 1. The number of hydrogen-bond donors (Lipinski definition) is 4. The number of methoxy groups -OCH3 is 1. The lowest BCUT2D eigenvalue weighted by Crippen LogP contribution is -2.31. The lowest BCUT2D eigenvalue weighted by Gasteiger charge is -2.13. The van der Waals surface area contributed by atoms with Gasteiger partial charge in [0, 0.05) is 11.8 Å². The molecule has 5 N–H and O–H groups in total. The quantitative estimate of drug-likeness (QED) is 0.476. The first-order chi connectivity index (χ1) is 13.2. The average Bonchev–Trinajstić information content (AvgIpc) is 2.69. The Morgan fingerprint density at radius 1 is 1.07 bits per heavy atom. The number of hydrazine groups is 1. The number of nitrogens with two attached hydrogens (primary N) is 1. The van der Waals surface area contributed by atoms with Crippen molar-refractivity contribution in [3.8, 4) is 5.75 Å². The predicted molar refractivity (Wildman–Crippen MR) is 105 cm³/mol. The van der Waals surface area contributed by atoms with E-state index in [4.69, 9.17) is 10.5 Å². The summed E-state index contributed by atoms with van der Waals surface area (Å²) < 4.78 is 5.20. The highest BCUT2D eigenvalue weighted by atomic mass is 16.5. The second-order valence-corrected chi connectivity index (χ2v) is 5.68. The first kappa shape index (κ1) is 18.0. The van der Waals surface area contributed by atoms with Gasteiger partial charge in [0.15, 0.2) is 11.6 Å². The summed E-state index contributed by atoms with van der Waals surface area (Å²) in [6.07, 6.45) is 1.60. The van der Waals surface area contributed by atoms with Crippen molar-refractivity contribution >= 4 is 28.9 Å². The van der Waals surface area contributed by atoms with E-state index in [2.05, 4.69) is 26.1 Å². The van der Waals surface area contributed by atoms with Crippen LogP contribution >= 0.6 is 0 Å². The van der Waals surface area contributed by atoms with Crippen LogP contribution in [0.4, 0.5) is 23.0 Å². The van der Waals surface area contributed by atoms with Gasteiger partial charge < -0.3 is 15.8 Å². The first-order valence-corrected chi connectivity index (χ1v) is 8.26. The summed E-state index contributed by atoms with van der Waals surface area (Å²) in [7, 11) is 1.60. The molecule has 0 atom stereocenters. The second-order valence-electron chi connectivity index (χ2n) is 5.68. The summed E-state index contributed by atoms with van der Waals surface area (Å²) in [5.74, 6) is 1.22. The highest BCUT2D eigenvalue weighted by Gasteiger charge is 2.10. The molecule has 0 aliphatic heterocycles. The third kappa shape index (κ3) is 4.85. The zero-order valence-electron chi connectivity index (χ0n) is 14.8. The number of anilines is 4. The summed E-state index contributed by atoms with van der Waals surface area (Å²) >= 11 is 0. The van der Waals surface area contributed by atoms with E-state index in [1.807, 2.05) is 54.6 Å². The van der Waals surface area contributed by atoms with E-state index in [0.717, 1.165) is 11.3 Å². The Bertz CT molecular complexity index is 917. The number of nitrogens with one attached hydrogen (secondary N) is 3. The van der Waals surface area contributed by atoms with Gasteiger partial charge in [0.05, 0.1) is 13.5 Å². The minimum absolute atomic E-state index is 0.207. The summed E-state index contributed by atoms with van der Waals surface area (Å²) in [5, 5.41) is 3.11. The number of rotatable bonds is 7. The van der Waals surface area contributed by atoms with Crippen LogP contribution < -0.4 is 26.6 Å². The van der Waals surface area contributed by atoms with E-state index in [1.165, 1.54) is 6.33 Å². The van der Waals surface area contributed by atoms with Gasteiger partial charge in [-0.3, -0.25) is 15.6 Å². The normalized spacial score (nSPS) is 10.1. The van der Waals surface area contributed by atoms with Gasteiger partial charge in [0.2, 0.25) is 5.91 Å². The molecule has 27 heavy (non-hydrogen) atoms. The summed E-state index contributed by atoms with van der Waals surface area (Å²) in [6.45, 7) is 0. The third-order valence-electron chi connectivity index (χ3n) is 3.74. The molecule has 0 bridgehead atoms. The van der Waals surface area contributed by atoms with Crippen LogP contribution in [-0.2, 0) is 11.2 Å². The molecule has 0 saturated heterocycles. The maximum atomic E-state index is 12.1. The summed E-state index contributed by atoms with van der Waals surface area (Å²) in [4.78, 5) is 20.3. The molecule has 0 aliphatic carbocycles. The van der Waals surface area contributed by atoms with Gasteiger partial charge in [-0.25, -0.2) is 9.97 Å². The molecule has 0 aliphatic rings. The second kappa shape index (κ2) is 8.52. The fraction of sp³-hybridized carbons (Fsp3) is 0.105. The maximum absolute atomic E-state index is 12.1. The van der Waals surface area contributed by atoms with Crippen LogP contribution in [0.3, 0.4) is 0 Å². The molecule has 0 fully saturated rings. The molecule has 3 rings (SSSR count). The average molecular weight is 364 g/mol. The van der Waals surface area contributed by atoms with Crippen LogP contribution in [0.15, 0.2) is 60.9 Å². The lowest BCUT2D eigenvalue weighted by molar-refractivity contribution is -0.119. The van der Waals surface area contributed by atoms with E-state index in [-0.39, 0.29) is 18.0 Å². The molecular formula is C19H20N6O2. The first-order valence-electron chi connectivity index (χ1n) is 8.26. The van der Waals surface area contributed by atoms with Crippen molar-refractivity contribution in [3.63, 3.8) is 0 Å². The number of carbonyl (C=O) groups excluding carboxylic acids is 1. The van der Waals surface area contributed by atoms with Crippen molar-refractivity contribution in [1.82, 2.24) is 15.4 Å². The molecule has 1 aromatic heterocycles. The molecule has 0 radical (unpaired) electrons. The number of benzene rings is 2. The summed E-state index contributed by atoms with van der Waals surface area (Å²) in [5.41, 5.74) is 13.4. The molecule has 0 unspecified atom stereocenters. The molecule has 8 nitrogen and oxygen atoms in total. The van der Waals surface area contributed by atoms with Gasteiger partial charge in [0.1, 0.15) is 17.8 Å². The van der Waals surface area contributed by atoms with Crippen molar-refractivity contribution in [3.05, 3.63) is 66.5 Å². The van der Waals surface area contributed by atoms with Gasteiger partial charge in [-0.15, -0.1) is 0 Å². The van der Waals surface area contributed by atoms with E-state index in [0.29, 0.717) is 17.4 Å². The van der Waals surface area contributed by atoms with E-state index < -0.39 is 0 Å². The largest absolute Gasteiger partial charge is 0.497 e. The van der Waals surface area contributed by atoms with Gasteiger partial charge in [-0.2, -0.15) is 0 Å². The highest BCUT2D eigenvalue weighted by Crippen LogP contribution is 2.26. The molecule has 0 saturated carbocycles. The zero-order valence-corrected chi connectivity index (χ0v) is 14.8. The van der Waals surface area contributed by atoms with Crippen LogP contribution in [0.1, 0.15) is 5.56 Å². The topological polar surface area (TPSA) is 114 Å². The summed E-state index contributed by atoms with van der Waals surface area (Å²) in [6, 6.07) is 16.8. The highest BCUT2D eigenvalue weighted by molar-refractivity contribution is 5.82. The molecule has 2 aromatic carbocycles. The smallest absolute Gasteiger partial charge is 0.242 e. The molecule has 8 heteroatoms. The number of amides is 1. The molecular weight excluding hydrogens is 344 g/mol. The Kier molecular flexibility index (Phi) is 5.68. The van der Waals surface area contributed by atoms with Gasteiger partial charge in [-0.05, 0) is 17.7 Å². The van der Waals surface area contributed by atoms with Crippen molar-refractivity contribution in [2.75, 3.05) is 23.6 Å². The van der Waals surface area contributed by atoms with Crippen LogP contribution in [-0.4, -0.2) is 23.0 Å². The van der Waals surface area contributed by atoms with Crippen LogP contribution in [0.25, 0.3) is 0 Å². The van der Waals surface area contributed by atoms with Crippen LogP contribution in [0.2, 0.25) is 0 Å². The van der Waals surface area contributed by atoms with Crippen LogP contribution in [0, 0.1) is 0 Å². The molecule has 1 heterocycles. The van der Waals surface area contributed by atoms with Crippen molar-refractivity contribution < 1.29 is 9.53 Å². The number of aromatic nitrogens is 2. The Morgan fingerprint density at radius 3 is 2.63 bits per heavy atom. The molecule has 1 amide bonds. The monoisotopic (exact) mass is 364 g/mol. The number of nitrogen functional groups attached to an aromatic ring is 1. The maximum Gasteiger partial charge on any atom is 0.242 e. The van der Waals surface area contributed by atoms with Crippen molar-refractivity contribution in [1.29, 1.82) is 0 Å². The number of nitrogens with zero attached hydrogens (tertiary/aromatic N) is 2. The van der Waals surface area contributed by atoms with Gasteiger partial charge >= 0.3 is 0 Å². The Morgan fingerprint density at radius 2 is 1.85 bits per heavy atom. The third-order valence-corrected chi connectivity index (χ3v) is 3.74. The van der Waals surface area contributed by atoms with E-state index in [1.54, 1.807) is 7.11 Å². The molecule has 3 aromatic rings. The number of ether oxygens (including phenoxy) is 1. The van der Waals surface area contributed by atoms with E-state index in [9.17, 15) is 4.79 Å². The van der Waals surface area contributed by atoms with Crippen molar-refractivity contribution in [2.24, 2.45) is 0 Å². The molecule has 0 spiro atoms.